The number of allylic oxidation sites excluding steroid dienone is 3. The van der Waals surface area contributed by atoms with E-state index in [0.717, 1.165) is 17.0 Å². The summed E-state index contributed by atoms with van der Waals surface area (Å²) in [7, 11) is 0. The molecule has 2 heterocycles. The van der Waals surface area contributed by atoms with Crippen molar-refractivity contribution < 1.29 is 4.92 Å². The molecule has 0 unspecified atom stereocenters. The number of nitrogens with zero attached hydrogens (tertiary/aromatic N) is 2. The average Bonchev–Trinajstić information content (AvgIpc) is 2.61. The van der Waals surface area contributed by atoms with Gasteiger partial charge in [0.1, 0.15) is 5.69 Å². The molecule has 0 atom stereocenters. The Hall–Kier alpha value is -1.62. The molecule has 0 aromatic carbocycles. The maximum absolute atomic E-state index is 10.9. The number of hydrogen-bond acceptors (Lipinski definition) is 4. The summed E-state index contributed by atoms with van der Waals surface area (Å²) in [5.74, 6) is 0. The summed E-state index contributed by atoms with van der Waals surface area (Å²) in [5, 5.41) is 11.1. The Bertz CT molecular complexity index is 488. The third-order valence-electron chi connectivity index (χ3n) is 2.43. The van der Waals surface area contributed by atoms with Crippen LogP contribution in [0, 0.1) is 17.0 Å². The van der Waals surface area contributed by atoms with E-state index in [9.17, 15) is 10.1 Å². The van der Waals surface area contributed by atoms with Crippen LogP contribution in [-0.2, 0) is 0 Å². The Labute approximate surface area is 97.7 Å². The molecule has 0 saturated carbocycles. The predicted octanol–water partition coefficient (Wildman–Crippen LogP) is 3.59. The maximum atomic E-state index is 10.9. The molecule has 1 aliphatic heterocycles. The highest BCUT2D eigenvalue weighted by Crippen LogP contribution is 2.39. The topological polar surface area (TPSA) is 46.4 Å². The van der Waals surface area contributed by atoms with Crippen LogP contribution in [0.3, 0.4) is 0 Å². The molecule has 1 aromatic heterocycles. The van der Waals surface area contributed by atoms with Crippen LogP contribution >= 0.6 is 11.3 Å². The van der Waals surface area contributed by atoms with E-state index in [2.05, 4.69) is 6.08 Å². The van der Waals surface area contributed by atoms with Gasteiger partial charge in [-0.05, 0) is 26.3 Å². The third kappa shape index (κ3) is 1.86. The molecule has 1 aliphatic rings. The van der Waals surface area contributed by atoms with Gasteiger partial charge in [-0.1, -0.05) is 23.5 Å². The predicted molar refractivity (Wildman–Crippen MR) is 65.7 cm³/mol. The fourth-order valence-electron chi connectivity index (χ4n) is 1.68. The minimum atomic E-state index is -0.317. The number of anilines is 1. The van der Waals surface area contributed by atoms with E-state index >= 15 is 0 Å². The van der Waals surface area contributed by atoms with Gasteiger partial charge >= 0.3 is 5.00 Å². The van der Waals surface area contributed by atoms with E-state index in [4.69, 9.17) is 0 Å². The summed E-state index contributed by atoms with van der Waals surface area (Å²) in [5.41, 5.74) is 1.70. The highest BCUT2D eigenvalue weighted by Gasteiger charge is 2.23. The molecule has 0 radical (unpaired) electrons. The monoisotopic (exact) mass is 236 g/mol. The van der Waals surface area contributed by atoms with Crippen LogP contribution in [0.25, 0.3) is 0 Å². The molecule has 0 amide bonds. The number of hydrogen-bond donors (Lipinski definition) is 0. The van der Waals surface area contributed by atoms with Crippen LogP contribution in [0.2, 0.25) is 0 Å². The standard InChI is InChI=1S/C11H12N2O2S/c1-8-5-3-4-6-12(8)10-7-9(2)16-11(10)13(14)15/h4-7H,3H2,1-2H3. The molecule has 0 spiro atoms. The van der Waals surface area contributed by atoms with E-state index in [-0.39, 0.29) is 9.92 Å². The first-order valence-corrected chi connectivity index (χ1v) is 5.78. The highest BCUT2D eigenvalue weighted by atomic mass is 32.1. The Morgan fingerprint density at radius 3 is 2.88 bits per heavy atom. The van der Waals surface area contributed by atoms with Gasteiger partial charge in [0.05, 0.1) is 4.92 Å². The van der Waals surface area contributed by atoms with Crippen LogP contribution in [0.5, 0.6) is 0 Å². The van der Waals surface area contributed by atoms with Gasteiger partial charge in [-0.3, -0.25) is 10.1 Å². The zero-order valence-electron chi connectivity index (χ0n) is 9.14. The lowest BCUT2D eigenvalue weighted by Gasteiger charge is -2.21. The molecular weight excluding hydrogens is 224 g/mol. The Morgan fingerprint density at radius 1 is 1.50 bits per heavy atom. The summed E-state index contributed by atoms with van der Waals surface area (Å²) in [6, 6.07) is 1.86. The van der Waals surface area contributed by atoms with Crippen molar-refractivity contribution in [1.82, 2.24) is 0 Å². The van der Waals surface area contributed by atoms with Gasteiger partial charge in [-0.25, -0.2) is 0 Å². The van der Waals surface area contributed by atoms with Crippen LogP contribution in [-0.4, -0.2) is 4.92 Å². The van der Waals surface area contributed by atoms with E-state index in [1.165, 1.54) is 11.3 Å². The molecule has 16 heavy (non-hydrogen) atoms. The van der Waals surface area contributed by atoms with Crippen molar-refractivity contribution in [3.63, 3.8) is 0 Å². The molecule has 2 rings (SSSR count). The second-order valence-corrected chi connectivity index (χ2v) is 4.88. The first-order valence-electron chi connectivity index (χ1n) is 4.97. The van der Waals surface area contributed by atoms with E-state index in [1.807, 2.05) is 37.1 Å². The van der Waals surface area contributed by atoms with Gasteiger partial charge in [-0.2, -0.15) is 0 Å². The average molecular weight is 236 g/mol. The Kier molecular flexibility index (Phi) is 2.78. The summed E-state index contributed by atoms with van der Waals surface area (Å²) in [6.45, 7) is 3.84. The van der Waals surface area contributed by atoms with Crippen LogP contribution in [0.4, 0.5) is 10.7 Å². The summed E-state index contributed by atoms with van der Waals surface area (Å²) >= 11 is 1.22. The van der Waals surface area contributed by atoms with Crippen LogP contribution in [0.15, 0.2) is 30.1 Å². The normalized spacial score (nSPS) is 15.1. The van der Waals surface area contributed by atoms with Crippen molar-refractivity contribution in [2.24, 2.45) is 0 Å². The van der Waals surface area contributed by atoms with Gasteiger partial charge in [0.15, 0.2) is 0 Å². The second kappa shape index (κ2) is 4.09. The molecule has 84 valence electrons. The fraction of sp³-hybridized carbons (Fsp3) is 0.273. The molecular formula is C11H12N2O2S. The first kappa shape index (κ1) is 10.9. The lowest BCUT2D eigenvalue weighted by atomic mass is 10.2. The van der Waals surface area contributed by atoms with E-state index < -0.39 is 0 Å². The molecule has 0 fully saturated rings. The van der Waals surface area contributed by atoms with Gasteiger partial charge in [-0.15, -0.1) is 0 Å². The first-order chi connectivity index (χ1) is 7.59. The van der Waals surface area contributed by atoms with Crippen molar-refractivity contribution in [1.29, 1.82) is 0 Å². The third-order valence-corrected chi connectivity index (χ3v) is 3.42. The molecule has 0 N–H and O–H groups in total. The minimum absolute atomic E-state index is 0.205. The zero-order chi connectivity index (χ0) is 11.7. The van der Waals surface area contributed by atoms with Gasteiger partial charge in [0.25, 0.3) is 0 Å². The van der Waals surface area contributed by atoms with E-state index in [0.29, 0.717) is 5.69 Å². The smallest absolute Gasteiger partial charge is 0.315 e. The quantitative estimate of drug-likeness (QED) is 0.582. The number of nitro groups is 1. The number of rotatable bonds is 2. The van der Waals surface area contributed by atoms with Crippen LogP contribution in [0.1, 0.15) is 18.2 Å². The summed E-state index contributed by atoms with van der Waals surface area (Å²) in [6.07, 6.45) is 6.82. The van der Waals surface area contributed by atoms with Gasteiger partial charge in [0, 0.05) is 16.8 Å². The largest absolute Gasteiger partial charge is 0.348 e. The molecule has 5 heteroatoms. The molecule has 4 nitrogen and oxygen atoms in total. The molecule has 0 aliphatic carbocycles. The van der Waals surface area contributed by atoms with Gasteiger partial charge < -0.3 is 4.90 Å². The lowest BCUT2D eigenvalue weighted by Crippen LogP contribution is -2.15. The van der Waals surface area contributed by atoms with Crippen molar-refractivity contribution >= 4 is 22.0 Å². The van der Waals surface area contributed by atoms with Crippen LogP contribution < -0.4 is 4.90 Å². The van der Waals surface area contributed by atoms with E-state index in [1.54, 1.807) is 0 Å². The van der Waals surface area contributed by atoms with Crippen molar-refractivity contribution in [3.05, 3.63) is 45.1 Å². The summed E-state index contributed by atoms with van der Waals surface area (Å²) < 4.78 is 0. The van der Waals surface area contributed by atoms with Crippen molar-refractivity contribution in [2.75, 3.05) is 4.90 Å². The second-order valence-electron chi connectivity index (χ2n) is 3.64. The fourth-order valence-corrected chi connectivity index (χ4v) is 2.49. The summed E-state index contributed by atoms with van der Waals surface area (Å²) in [4.78, 5) is 13.4. The minimum Gasteiger partial charge on any atom is -0.315 e. The highest BCUT2D eigenvalue weighted by molar-refractivity contribution is 7.15. The Morgan fingerprint density at radius 2 is 2.25 bits per heavy atom. The number of aryl methyl sites for hydroxylation is 1. The van der Waals surface area contributed by atoms with Gasteiger partial charge in [0.2, 0.25) is 0 Å². The number of thiophene rings is 1. The molecule has 0 saturated heterocycles. The zero-order valence-corrected chi connectivity index (χ0v) is 9.95. The van der Waals surface area contributed by atoms with Crippen molar-refractivity contribution in [3.8, 4) is 0 Å². The Balaban J connectivity index is 2.47. The lowest BCUT2D eigenvalue weighted by molar-refractivity contribution is -0.379. The maximum Gasteiger partial charge on any atom is 0.348 e. The molecule has 0 bridgehead atoms. The van der Waals surface area contributed by atoms with Crippen molar-refractivity contribution in [2.45, 2.75) is 20.3 Å². The molecule has 1 aromatic rings. The SMILES string of the molecule is CC1=CCC=CN1c1cc(C)sc1[N+](=O)[O-].